The minimum absolute atomic E-state index is 1.06. The van der Waals surface area contributed by atoms with Crippen molar-refractivity contribution >= 4 is 29.0 Å². The minimum Gasteiger partial charge on any atom is -0.262 e. The Bertz CT molecular complexity index is 885. The van der Waals surface area contributed by atoms with Crippen molar-refractivity contribution in [2.75, 3.05) is 0 Å². The van der Waals surface area contributed by atoms with Gasteiger partial charge in [-0.05, 0) is 34.6 Å². The summed E-state index contributed by atoms with van der Waals surface area (Å²) < 4.78 is 0. The molecule has 0 spiro atoms. The molecule has 0 saturated carbocycles. The van der Waals surface area contributed by atoms with E-state index in [1.54, 1.807) is 0 Å². The SMILES string of the molecule is Cc1cccc([Si](c2ccccc2)(c2ccccc2)c2ccccc2)n1. The molecule has 0 amide bonds. The molecule has 0 aliphatic carbocycles. The lowest BCUT2D eigenvalue weighted by Gasteiger charge is -2.33. The smallest absolute Gasteiger partial charge is 0.201 e. The molecule has 126 valence electrons. The molecular formula is C24H21NSi. The van der Waals surface area contributed by atoms with Gasteiger partial charge < -0.3 is 0 Å². The average Bonchev–Trinajstić information content (AvgIpc) is 2.71. The fourth-order valence-electron chi connectivity index (χ4n) is 3.76. The average molecular weight is 352 g/mol. The summed E-state index contributed by atoms with van der Waals surface area (Å²) in [5, 5.41) is 5.25. The first-order valence-corrected chi connectivity index (χ1v) is 10.9. The highest BCUT2D eigenvalue weighted by Gasteiger charge is 2.42. The molecule has 2 heteroatoms. The molecule has 0 aliphatic heterocycles. The van der Waals surface area contributed by atoms with Gasteiger partial charge in [0.2, 0.25) is 8.07 Å². The first-order chi connectivity index (χ1) is 12.8. The van der Waals surface area contributed by atoms with Crippen molar-refractivity contribution in [2.24, 2.45) is 0 Å². The molecule has 0 unspecified atom stereocenters. The van der Waals surface area contributed by atoms with Crippen molar-refractivity contribution in [1.29, 1.82) is 0 Å². The van der Waals surface area contributed by atoms with E-state index in [2.05, 4.69) is 116 Å². The summed E-state index contributed by atoms with van der Waals surface area (Å²) in [6.07, 6.45) is 0. The zero-order chi connectivity index (χ0) is 17.8. The molecule has 0 atom stereocenters. The fraction of sp³-hybridized carbons (Fsp3) is 0.0417. The molecule has 3 aromatic carbocycles. The van der Waals surface area contributed by atoms with Crippen LogP contribution in [0.4, 0.5) is 0 Å². The van der Waals surface area contributed by atoms with Gasteiger partial charge in [-0.2, -0.15) is 0 Å². The van der Waals surface area contributed by atoms with Crippen molar-refractivity contribution in [2.45, 2.75) is 6.92 Å². The van der Waals surface area contributed by atoms with E-state index in [0.29, 0.717) is 0 Å². The quantitative estimate of drug-likeness (QED) is 0.407. The minimum atomic E-state index is -2.44. The van der Waals surface area contributed by atoms with Crippen molar-refractivity contribution < 1.29 is 0 Å². The van der Waals surface area contributed by atoms with Gasteiger partial charge in [0.05, 0.1) is 0 Å². The van der Waals surface area contributed by atoms with E-state index in [9.17, 15) is 0 Å². The van der Waals surface area contributed by atoms with Crippen molar-refractivity contribution in [3.8, 4) is 0 Å². The van der Waals surface area contributed by atoms with Crippen LogP contribution in [0.2, 0.25) is 0 Å². The third kappa shape index (κ3) is 2.79. The predicted molar refractivity (Wildman–Crippen MR) is 113 cm³/mol. The van der Waals surface area contributed by atoms with Crippen LogP contribution in [0.1, 0.15) is 5.69 Å². The Morgan fingerprint density at radius 3 is 1.31 bits per heavy atom. The maximum Gasteiger partial charge on any atom is 0.201 e. The summed E-state index contributed by atoms with van der Waals surface area (Å²) in [5.41, 5.74) is 1.06. The fourth-order valence-corrected chi connectivity index (χ4v) is 8.41. The van der Waals surface area contributed by atoms with E-state index in [0.717, 1.165) is 5.69 Å². The maximum absolute atomic E-state index is 5.04. The number of aryl methyl sites for hydroxylation is 1. The number of benzene rings is 3. The number of pyridine rings is 1. The van der Waals surface area contributed by atoms with Crippen LogP contribution in [0.5, 0.6) is 0 Å². The highest BCUT2D eigenvalue weighted by Crippen LogP contribution is 2.08. The Hall–Kier alpha value is -2.97. The van der Waals surface area contributed by atoms with Crippen LogP contribution in [-0.4, -0.2) is 13.1 Å². The van der Waals surface area contributed by atoms with Crippen LogP contribution in [0.15, 0.2) is 109 Å². The molecule has 0 radical (unpaired) electrons. The molecular weight excluding hydrogens is 330 g/mol. The molecule has 0 fully saturated rings. The first-order valence-electron chi connectivity index (χ1n) is 8.92. The molecule has 0 aliphatic rings. The molecule has 4 aromatic rings. The zero-order valence-electron chi connectivity index (χ0n) is 14.8. The van der Waals surface area contributed by atoms with Gasteiger partial charge in [0.25, 0.3) is 0 Å². The lowest BCUT2D eigenvalue weighted by atomic mass is 10.3. The molecule has 0 N–H and O–H groups in total. The second kappa shape index (κ2) is 7.10. The summed E-state index contributed by atoms with van der Waals surface area (Å²) in [7, 11) is -2.44. The van der Waals surface area contributed by atoms with E-state index in [4.69, 9.17) is 4.98 Å². The molecule has 26 heavy (non-hydrogen) atoms. The van der Waals surface area contributed by atoms with Crippen LogP contribution in [0.25, 0.3) is 0 Å². The second-order valence-corrected chi connectivity index (χ2v) is 10.3. The van der Waals surface area contributed by atoms with E-state index >= 15 is 0 Å². The van der Waals surface area contributed by atoms with Gasteiger partial charge >= 0.3 is 0 Å². The Kier molecular flexibility index (Phi) is 4.51. The molecule has 0 saturated heterocycles. The predicted octanol–water partition coefficient (Wildman–Crippen LogP) is 2.77. The molecule has 4 rings (SSSR count). The largest absolute Gasteiger partial charge is 0.262 e. The van der Waals surface area contributed by atoms with Gasteiger partial charge in [-0.3, -0.25) is 4.98 Å². The second-order valence-electron chi connectivity index (χ2n) is 6.51. The van der Waals surface area contributed by atoms with Gasteiger partial charge in [-0.15, -0.1) is 0 Å². The normalized spacial score (nSPS) is 11.3. The van der Waals surface area contributed by atoms with Gasteiger partial charge in [-0.1, -0.05) is 97.1 Å². The van der Waals surface area contributed by atoms with Crippen molar-refractivity contribution in [3.63, 3.8) is 0 Å². The molecule has 0 bridgehead atoms. The molecule has 1 heterocycles. The lowest BCUT2D eigenvalue weighted by Crippen LogP contribution is -2.75. The van der Waals surface area contributed by atoms with Crippen LogP contribution >= 0.6 is 0 Å². The lowest BCUT2D eigenvalue weighted by molar-refractivity contribution is 1.23. The van der Waals surface area contributed by atoms with E-state index in [1.165, 1.54) is 20.9 Å². The monoisotopic (exact) mass is 351 g/mol. The Morgan fingerprint density at radius 1 is 0.500 bits per heavy atom. The van der Waals surface area contributed by atoms with Crippen LogP contribution in [-0.2, 0) is 0 Å². The standard InChI is InChI=1S/C24H21NSi/c1-20-12-11-19-24(25-20)26(21-13-5-2-6-14-21,22-15-7-3-8-16-22)23-17-9-4-10-18-23/h2-19H,1H3. The first kappa shape index (κ1) is 16.5. The Labute approximate surface area is 156 Å². The van der Waals surface area contributed by atoms with Crippen molar-refractivity contribution in [1.82, 2.24) is 4.98 Å². The third-order valence-corrected chi connectivity index (χ3v) is 9.54. The van der Waals surface area contributed by atoms with Gasteiger partial charge in [0.15, 0.2) is 0 Å². The Morgan fingerprint density at radius 2 is 0.923 bits per heavy atom. The summed E-state index contributed by atoms with van der Waals surface area (Å²) in [5.74, 6) is 0. The van der Waals surface area contributed by atoms with E-state index in [1.807, 2.05) is 0 Å². The topological polar surface area (TPSA) is 12.9 Å². The zero-order valence-corrected chi connectivity index (χ0v) is 15.8. The van der Waals surface area contributed by atoms with Gasteiger partial charge in [0.1, 0.15) is 0 Å². The summed E-state index contributed by atoms with van der Waals surface area (Å²) in [6, 6.07) is 39.1. The summed E-state index contributed by atoms with van der Waals surface area (Å²) in [4.78, 5) is 5.04. The number of hydrogen-bond donors (Lipinski definition) is 0. The van der Waals surface area contributed by atoms with E-state index < -0.39 is 8.07 Å². The van der Waals surface area contributed by atoms with E-state index in [-0.39, 0.29) is 0 Å². The van der Waals surface area contributed by atoms with Gasteiger partial charge in [-0.25, -0.2) is 0 Å². The summed E-state index contributed by atoms with van der Waals surface area (Å²) >= 11 is 0. The summed E-state index contributed by atoms with van der Waals surface area (Å²) in [6.45, 7) is 2.07. The highest BCUT2D eigenvalue weighted by atomic mass is 28.3. The number of rotatable bonds is 4. The van der Waals surface area contributed by atoms with Crippen molar-refractivity contribution in [3.05, 3.63) is 115 Å². The maximum atomic E-state index is 5.04. The molecule has 1 nitrogen and oxygen atoms in total. The van der Waals surface area contributed by atoms with Crippen LogP contribution < -0.4 is 20.9 Å². The molecule has 1 aromatic heterocycles. The third-order valence-electron chi connectivity index (χ3n) is 4.89. The van der Waals surface area contributed by atoms with Crippen LogP contribution in [0.3, 0.4) is 0 Å². The van der Waals surface area contributed by atoms with Gasteiger partial charge in [0, 0.05) is 11.0 Å². The Balaban J connectivity index is 2.14. The highest BCUT2D eigenvalue weighted by molar-refractivity contribution is 7.19. The number of aromatic nitrogens is 1. The number of nitrogens with zero attached hydrogens (tertiary/aromatic N) is 1. The number of hydrogen-bond acceptors (Lipinski definition) is 1. The van der Waals surface area contributed by atoms with Crippen LogP contribution in [0, 0.1) is 6.92 Å².